The Labute approximate surface area is 145 Å². The molecule has 0 heterocycles. The number of carbonyl (C=O) groups is 2. The van der Waals surface area contributed by atoms with Crippen LogP contribution in [0.4, 0.5) is 0 Å². The molecule has 4 aliphatic rings. The van der Waals surface area contributed by atoms with Crippen molar-refractivity contribution in [2.24, 2.45) is 40.4 Å². The van der Waals surface area contributed by atoms with Crippen LogP contribution >= 0.6 is 0 Å². The maximum absolute atomic E-state index is 12.2. The Kier molecular flexibility index (Phi) is 3.77. The highest BCUT2D eigenvalue weighted by atomic mass is 16.3. The average Bonchev–Trinajstić information content (AvgIpc) is 2.84. The standard InChI is InChI=1S/C21H32O3/c1-12(22)16-6-7-17-15-5-4-13-10-14(23)8-9-20(13,2)19(15)18(24)11-21(16,17)3/h13,15-19,24H,4-11H2,1-3H3/t13?,15?,16?,17?,18-,19?,20+,21-/m1/s1. The number of Topliss-reactive ketones (excluding diaryl/α,β-unsaturated/α-hetero) is 2. The fourth-order valence-corrected chi connectivity index (χ4v) is 7.84. The minimum atomic E-state index is -0.308. The van der Waals surface area contributed by atoms with Crippen LogP contribution in [-0.4, -0.2) is 22.8 Å². The normalized spacial score (nSPS) is 53.9. The fourth-order valence-electron chi connectivity index (χ4n) is 7.84. The second kappa shape index (κ2) is 5.40. The molecule has 1 N–H and O–H groups in total. The van der Waals surface area contributed by atoms with Crippen molar-refractivity contribution in [1.82, 2.24) is 0 Å². The molecule has 5 unspecified atom stereocenters. The highest BCUT2D eigenvalue weighted by molar-refractivity contribution is 5.80. The van der Waals surface area contributed by atoms with Crippen molar-refractivity contribution in [1.29, 1.82) is 0 Å². The first kappa shape index (κ1) is 16.8. The quantitative estimate of drug-likeness (QED) is 0.795. The molecule has 0 aromatic rings. The van der Waals surface area contributed by atoms with Crippen LogP contribution in [0.2, 0.25) is 0 Å². The Morgan fingerprint density at radius 2 is 1.88 bits per heavy atom. The van der Waals surface area contributed by atoms with Crippen molar-refractivity contribution in [3.63, 3.8) is 0 Å². The van der Waals surface area contributed by atoms with Gasteiger partial charge in [-0.05, 0) is 80.0 Å². The van der Waals surface area contributed by atoms with Gasteiger partial charge in [0.2, 0.25) is 0 Å². The van der Waals surface area contributed by atoms with Crippen molar-refractivity contribution in [3.8, 4) is 0 Å². The lowest BCUT2D eigenvalue weighted by Crippen LogP contribution is -2.59. The molecule has 0 aliphatic heterocycles. The zero-order valence-electron chi connectivity index (χ0n) is 15.4. The molecule has 4 aliphatic carbocycles. The van der Waals surface area contributed by atoms with E-state index in [-0.39, 0.29) is 22.9 Å². The van der Waals surface area contributed by atoms with Gasteiger partial charge in [-0.1, -0.05) is 13.8 Å². The molecule has 8 atom stereocenters. The van der Waals surface area contributed by atoms with Gasteiger partial charge in [-0.2, -0.15) is 0 Å². The van der Waals surface area contributed by atoms with E-state index in [1.54, 1.807) is 6.92 Å². The maximum Gasteiger partial charge on any atom is 0.133 e. The molecule has 134 valence electrons. The monoisotopic (exact) mass is 332 g/mol. The maximum atomic E-state index is 12.2. The number of fused-ring (bicyclic) bond motifs is 5. The van der Waals surface area contributed by atoms with E-state index in [4.69, 9.17) is 0 Å². The van der Waals surface area contributed by atoms with Gasteiger partial charge in [0.25, 0.3) is 0 Å². The average molecular weight is 332 g/mol. The first-order chi connectivity index (χ1) is 11.3. The van der Waals surface area contributed by atoms with Gasteiger partial charge in [0, 0.05) is 18.8 Å². The lowest BCUT2D eigenvalue weighted by molar-refractivity contribution is -0.173. The van der Waals surface area contributed by atoms with Crippen molar-refractivity contribution >= 4 is 11.6 Å². The Hall–Kier alpha value is -0.700. The lowest BCUT2D eigenvalue weighted by atomic mass is 9.44. The van der Waals surface area contributed by atoms with E-state index >= 15 is 0 Å². The third-order valence-electron chi connectivity index (χ3n) is 8.90. The predicted octanol–water partition coefficient (Wildman–Crippen LogP) is 3.77. The van der Waals surface area contributed by atoms with Crippen LogP contribution < -0.4 is 0 Å². The predicted molar refractivity (Wildman–Crippen MR) is 92.3 cm³/mol. The number of carbonyl (C=O) groups excluding carboxylic acids is 2. The van der Waals surface area contributed by atoms with Gasteiger partial charge in [0.1, 0.15) is 11.6 Å². The number of aliphatic hydroxyl groups excluding tert-OH is 1. The van der Waals surface area contributed by atoms with Crippen molar-refractivity contribution in [2.45, 2.75) is 78.2 Å². The summed E-state index contributed by atoms with van der Waals surface area (Å²) in [5.41, 5.74) is 0.103. The number of ketones is 2. The summed E-state index contributed by atoms with van der Waals surface area (Å²) in [5, 5.41) is 11.2. The van der Waals surface area contributed by atoms with Gasteiger partial charge in [0.05, 0.1) is 6.10 Å². The van der Waals surface area contributed by atoms with E-state index in [9.17, 15) is 14.7 Å². The second-order valence-corrected chi connectivity index (χ2v) is 9.84. The molecule has 0 bridgehead atoms. The third kappa shape index (κ3) is 2.12. The van der Waals surface area contributed by atoms with Crippen molar-refractivity contribution < 1.29 is 14.7 Å². The summed E-state index contributed by atoms with van der Waals surface area (Å²) in [7, 11) is 0. The summed E-state index contributed by atoms with van der Waals surface area (Å²) in [6.45, 7) is 6.36. The number of hydrogen-bond acceptors (Lipinski definition) is 3. The smallest absolute Gasteiger partial charge is 0.133 e. The van der Waals surface area contributed by atoms with Gasteiger partial charge in [-0.15, -0.1) is 0 Å². The Balaban J connectivity index is 1.68. The molecule has 3 nitrogen and oxygen atoms in total. The van der Waals surface area contributed by atoms with Crippen LogP contribution in [0.25, 0.3) is 0 Å². The van der Waals surface area contributed by atoms with Gasteiger partial charge in [0.15, 0.2) is 0 Å². The van der Waals surface area contributed by atoms with Gasteiger partial charge in [-0.3, -0.25) is 9.59 Å². The van der Waals surface area contributed by atoms with E-state index < -0.39 is 0 Å². The van der Waals surface area contributed by atoms with Crippen LogP contribution in [0.15, 0.2) is 0 Å². The minimum absolute atomic E-state index is 0.0138. The van der Waals surface area contributed by atoms with Crippen LogP contribution in [0.5, 0.6) is 0 Å². The largest absolute Gasteiger partial charge is 0.393 e. The molecule has 0 radical (unpaired) electrons. The van der Waals surface area contributed by atoms with Gasteiger partial charge in [-0.25, -0.2) is 0 Å². The Morgan fingerprint density at radius 3 is 2.58 bits per heavy atom. The molecule has 0 spiro atoms. The topological polar surface area (TPSA) is 54.4 Å². The molecule has 0 amide bonds. The number of rotatable bonds is 1. The number of aliphatic hydroxyl groups is 1. The zero-order chi connectivity index (χ0) is 17.3. The molecular formula is C21H32O3. The van der Waals surface area contributed by atoms with E-state index in [0.29, 0.717) is 41.7 Å². The van der Waals surface area contributed by atoms with Crippen LogP contribution in [0.3, 0.4) is 0 Å². The lowest BCUT2D eigenvalue weighted by Gasteiger charge is -2.61. The molecule has 4 fully saturated rings. The first-order valence-corrected chi connectivity index (χ1v) is 9.97. The third-order valence-corrected chi connectivity index (χ3v) is 8.90. The highest BCUT2D eigenvalue weighted by Gasteiger charge is 2.63. The van der Waals surface area contributed by atoms with Crippen molar-refractivity contribution in [2.75, 3.05) is 0 Å². The van der Waals surface area contributed by atoms with E-state index in [1.165, 1.54) is 0 Å². The summed E-state index contributed by atoms with van der Waals surface area (Å²) in [6, 6.07) is 0. The summed E-state index contributed by atoms with van der Waals surface area (Å²) < 4.78 is 0. The second-order valence-electron chi connectivity index (χ2n) is 9.84. The molecule has 0 saturated heterocycles. The van der Waals surface area contributed by atoms with E-state index in [0.717, 1.165) is 44.9 Å². The Bertz CT molecular complexity index is 569. The number of hydrogen-bond donors (Lipinski definition) is 1. The van der Waals surface area contributed by atoms with Crippen LogP contribution in [0, 0.1) is 40.4 Å². The highest BCUT2D eigenvalue weighted by Crippen LogP contribution is 2.67. The van der Waals surface area contributed by atoms with Crippen molar-refractivity contribution in [3.05, 3.63) is 0 Å². The van der Waals surface area contributed by atoms with Crippen LogP contribution in [0.1, 0.15) is 72.1 Å². The molecule has 4 rings (SSSR count). The summed E-state index contributed by atoms with van der Waals surface area (Å²) in [5.74, 6) is 2.78. The molecule has 24 heavy (non-hydrogen) atoms. The Morgan fingerprint density at radius 1 is 1.12 bits per heavy atom. The summed E-state index contributed by atoms with van der Waals surface area (Å²) >= 11 is 0. The van der Waals surface area contributed by atoms with E-state index in [1.807, 2.05) is 0 Å². The fraction of sp³-hybridized carbons (Fsp3) is 0.905. The van der Waals surface area contributed by atoms with Gasteiger partial charge < -0.3 is 5.11 Å². The molecular weight excluding hydrogens is 300 g/mol. The van der Waals surface area contributed by atoms with E-state index in [2.05, 4.69) is 13.8 Å². The van der Waals surface area contributed by atoms with Gasteiger partial charge >= 0.3 is 0 Å². The molecule has 0 aromatic carbocycles. The first-order valence-electron chi connectivity index (χ1n) is 9.97. The summed E-state index contributed by atoms with van der Waals surface area (Å²) in [6.07, 6.45) is 7.27. The SMILES string of the molecule is CC(=O)C1CCC2C3CCC4CC(=O)CC[C@]4(C)C3[C@H](O)C[C@]12C. The minimum Gasteiger partial charge on any atom is -0.393 e. The molecule has 3 heteroatoms. The zero-order valence-corrected chi connectivity index (χ0v) is 15.4. The van der Waals surface area contributed by atoms with Crippen LogP contribution in [-0.2, 0) is 9.59 Å². The molecule has 4 saturated carbocycles. The molecule has 0 aromatic heterocycles. The summed E-state index contributed by atoms with van der Waals surface area (Å²) in [4.78, 5) is 24.1.